The maximum Gasteiger partial charge on any atom is 0.309 e. The first-order chi connectivity index (χ1) is 19.9. The lowest BCUT2D eigenvalue weighted by atomic mass is 9.41. The molecule has 1 aromatic heterocycles. The number of carbonyl (C=O) groups is 5. The third-order valence-corrected chi connectivity index (χ3v) is 11.3. The third kappa shape index (κ3) is 3.91. The highest BCUT2D eigenvalue weighted by Crippen LogP contribution is 2.73. The van der Waals surface area contributed by atoms with Gasteiger partial charge in [-0.25, -0.2) is 0 Å². The van der Waals surface area contributed by atoms with Crippen molar-refractivity contribution in [2.45, 2.75) is 103 Å². The molecule has 10 unspecified atom stereocenters. The fourth-order valence-corrected chi connectivity index (χ4v) is 9.06. The summed E-state index contributed by atoms with van der Waals surface area (Å²) in [6, 6.07) is 1.59. The van der Waals surface area contributed by atoms with E-state index < -0.39 is 93.4 Å². The number of methoxy groups -OCH3 is 1. The normalized spacial score (nSPS) is 43.0. The Labute approximate surface area is 249 Å². The van der Waals surface area contributed by atoms with Crippen molar-refractivity contribution in [3.63, 3.8) is 0 Å². The monoisotopic (exact) mass is 604 g/mol. The van der Waals surface area contributed by atoms with E-state index in [0.29, 0.717) is 5.56 Å². The summed E-state index contributed by atoms with van der Waals surface area (Å²) in [4.78, 5) is 66.2. The first-order valence-electron chi connectivity index (χ1n) is 14.5. The van der Waals surface area contributed by atoms with Gasteiger partial charge >= 0.3 is 23.9 Å². The maximum atomic E-state index is 14.7. The number of esters is 4. The number of fused-ring (bicyclic) bond motifs is 1. The number of ether oxygens (including phenoxy) is 5. The number of hydrogen-bond acceptors (Lipinski definition) is 12. The van der Waals surface area contributed by atoms with Gasteiger partial charge in [0.1, 0.15) is 17.8 Å². The molecular weight excluding hydrogens is 564 g/mol. The molecule has 2 saturated carbocycles. The van der Waals surface area contributed by atoms with E-state index in [9.17, 15) is 29.1 Å². The molecule has 0 aromatic carbocycles. The van der Waals surface area contributed by atoms with Crippen LogP contribution in [-0.4, -0.2) is 71.4 Å². The van der Waals surface area contributed by atoms with E-state index in [0.717, 1.165) is 0 Å². The Morgan fingerprint density at radius 1 is 1.05 bits per heavy atom. The van der Waals surface area contributed by atoms with Crippen LogP contribution in [0.15, 0.2) is 23.0 Å². The van der Waals surface area contributed by atoms with Crippen LogP contribution in [0.2, 0.25) is 0 Å². The number of cyclic esters (lactones) is 1. The van der Waals surface area contributed by atoms with E-state index in [1.807, 2.05) is 0 Å². The highest BCUT2D eigenvalue weighted by atomic mass is 16.6. The molecule has 10 atom stereocenters. The Hall–Kier alpha value is -3.25. The average Bonchev–Trinajstić information content (AvgIpc) is 3.44. The first-order valence-corrected chi connectivity index (χ1v) is 14.5. The SMILES string of the molecule is COC(=O)CC1C(C)(C)C(OC(C)=O)CC2OC34CC(=O)OC(c5ccoc5)C3(C)C(OC(C)=O)C(O)(C(=O)C4C)C21C. The Kier molecular flexibility index (Phi) is 7.17. The minimum atomic E-state index is -2.46. The Bertz CT molecular complexity index is 1350. The minimum Gasteiger partial charge on any atom is -0.472 e. The van der Waals surface area contributed by atoms with Crippen LogP contribution in [0.4, 0.5) is 0 Å². The third-order valence-electron chi connectivity index (χ3n) is 11.3. The molecule has 5 fully saturated rings. The Balaban J connectivity index is 1.87. The number of rotatable bonds is 5. The van der Waals surface area contributed by atoms with Crippen molar-refractivity contribution in [1.29, 1.82) is 0 Å². The van der Waals surface area contributed by atoms with Crippen molar-refractivity contribution >= 4 is 29.7 Å². The molecule has 12 nitrogen and oxygen atoms in total. The van der Waals surface area contributed by atoms with E-state index in [4.69, 9.17) is 28.1 Å². The molecule has 0 amide bonds. The number of hydrogen-bond donors (Lipinski definition) is 1. The zero-order chi connectivity index (χ0) is 31.9. The Morgan fingerprint density at radius 3 is 2.26 bits per heavy atom. The summed E-state index contributed by atoms with van der Waals surface area (Å²) in [5.41, 5.74) is -7.86. The van der Waals surface area contributed by atoms with E-state index >= 15 is 0 Å². The van der Waals surface area contributed by atoms with Gasteiger partial charge in [0.2, 0.25) is 0 Å². The van der Waals surface area contributed by atoms with Crippen LogP contribution in [0, 0.1) is 28.1 Å². The van der Waals surface area contributed by atoms with E-state index in [1.54, 1.807) is 40.7 Å². The lowest BCUT2D eigenvalue weighted by Gasteiger charge is -2.64. The highest BCUT2D eigenvalue weighted by molar-refractivity contribution is 5.95. The lowest BCUT2D eigenvalue weighted by molar-refractivity contribution is -0.292. The van der Waals surface area contributed by atoms with Crippen LogP contribution < -0.4 is 0 Å². The number of ketones is 1. The topological polar surface area (TPSA) is 165 Å². The number of Topliss-reactive ketones (excluding diaryl/α,β-unsaturated/α-hetero) is 1. The van der Waals surface area contributed by atoms with Crippen LogP contribution >= 0.6 is 0 Å². The van der Waals surface area contributed by atoms with E-state index in [2.05, 4.69) is 0 Å². The van der Waals surface area contributed by atoms with Gasteiger partial charge in [-0.05, 0) is 18.9 Å². The van der Waals surface area contributed by atoms with Crippen molar-refractivity contribution < 1.29 is 57.2 Å². The van der Waals surface area contributed by atoms with Gasteiger partial charge in [0.15, 0.2) is 17.5 Å². The molecular formula is C31H40O12. The van der Waals surface area contributed by atoms with E-state index in [-0.39, 0.29) is 19.3 Å². The molecule has 3 saturated heterocycles. The Morgan fingerprint density at radius 2 is 1.70 bits per heavy atom. The lowest BCUT2D eigenvalue weighted by Crippen LogP contribution is -2.80. The molecule has 0 radical (unpaired) electrons. The molecule has 2 bridgehead atoms. The van der Waals surface area contributed by atoms with E-state index in [1.165, 1.54) is 33.5 Å². The molecule has 12 heteroatoms. The van der Waals surface area contributed by atoms with Crippen LogP contribution in [-0.2, 0) is 47.7 Å². The van der Waals surface area contributed by atoms with Crippen molar-refractivity contribution in [3.8, 4) is 0 Å². The van der Waals surface area contributed by atoms with Gasteiger partial charge in [0.25, 0.3) is 0 Å². The average molecular weight is 605 g/mol. The van der Waals surface area contributed by atoms with Gasteiger partial charge in [-0.3, -0.25) is 24.0 Å². The summed E-state index contributed by atoms with van der Waals surface area (Å²) in [5, 5.41) is 13.2. The summed E-state index contributed by atoms with van der Waals surface area (Å²) in [5.74, 6) is -5.28. The van der Waals surface area contributed by atoms with Crippen molar-refractivity contribution in [1.82, 2.24) is 0 Å². The zero-order valence-electron chi connectivity index (χ0n) is 25.8. The number of carbonyl (C=O) groups excluding carboxylic acids is 5. The van der Waals surface area contributed by atoms with Gasteiger partial charge in [-0.2, -0.15) is 0 Å². The summed E-state index contributed by atoms with van der Waals surface area (Å²) >= 11 is 0. The second kappa shape index (κ2) is 9.88. The molecule has 1 spiro atoms. The van der Waals surface area contributed by atoms with Crippen molar-refractivity contribution in [2.75, 3.05) is 7.11 Å². The van der Waals surface area contributed by atoms with Crippen molar-refractivity contribution in [2.24, 2.45) is 28.1 Å². The second-order valence-corrected chi connectivity index (χ2v) is 13.5. The largest absolute Gasteiger partial charge is 0.472 e. The predicted octanol–water partition coefficient (Wildman–Crippen LogP) is 2.84. The van der Waals surface area contributed by atoms with Gasteiger partial charge in [-0.1, -0.05) is 27.7 Å². The molecule has 2 aliphatic carbocycles. The van der Waals surface area contributed by atoms with Crippen LogP contribution in [0.25, 0.3) is 0 Å². The smallest absolute Gasteiger partial charge is 0.309 e. The standard InChI is InChI=1S/C31H40O12/c1-15-24(36)31(37)26(41-17(3)33)29(7)25(18-9-10-39-14-18)42-23(35)13-30(15,29)43-21-12-20(40-16(2)32)27(4,5)19(28(21,31)6)11-22(34)38-8/h9-10,14-15,19-21,25-26,37H,11-13H2,1-8H3. The van der Waals surface area contributed by atoms with Crippen LogP contribution in [0.5, 0.6) is 0 Å². The molecule has 6 rings (SSSR count). The number of aliphatic hydroxyl groups is 1. The van der Waals surface area contributed by atoms with Gasteiger partial charge in [0.05, 0.1) is 37.6 Å². The fourth-order valence-electron chi connectivity index (χ4n) is 9.06. The van der Waals surface area contributed by atoms with Gasteiger partial charge in [0, 0.05) is 49.0 Å². The zero-order valence-corrected chi connectivity index (χ0v) is 25.8. The summed E-state index contributed by atoms with van der Waals surface area (Å²) in [6.07, 6.45) is -2.45. The second-order valence-electron chi connectivity index (χ2n) is 13.5. The van der Waals surface area contributed by atoms with Gasteiger partial charge < -0.3 is 33.2 Å². The summed E-state index contributed by atoms with van der Waals surface area (Å²) in [7, 11) is 1.23. The van der Waals surface area contributed by atoms with Crippen molar-refractivity contribution in [3.05, 3.63) is 24.2 Å². The summed E-state index contributed by atoms with van der Waals surface area (Å²) in [6.45, 7) is 10.9. The predicted molar refractivity (Wildman–Crippen MR) is 145 cm³/mol. The fraction of sp³-hybridized carbons (Fsp3) is 0.710. The minimum absolute atomic E-state index is 0.0269. The molecule has 1 aromatic rings. The molecule has 5 aliphatic rings. The van der Waals surface area contributed by atoms with Gasteiger partial charge in [-0.15, -0.1) is 0 Å². The molecule has 43 heavy (non-hydrogen) atoms. The molecule has 236 valence electrons. The quantitative estimate of drug-likeness (QED) is 0.386. The highest BCUT2D eigenvalue weighted by Gasteiger charge is 2.85. The maximum absolute atomic E-state index is 14.7. The number of furan rings is 1. The first kappa shape index (κ1) is 31.2. The molecule has 1 N–H and O–H groups in total. The summed E-state index contributed by atoms with van der Waals surface area (Å²) < 4.78 is 35.1. The van der Waals surface area contributed by atoms with Crippen LogP contribution in [0.3, 0.4) is 0 Å². The molecule has 3 aliphatic heterocycles. The molecule has 4 heterocycles. The van der Waals surface area contributed by atoms with Crippen LogP contribution in [0.1, 0.15) is 79.4 Å².